The molecule has 0 aromatic heterocycles. The second-order valence-electron chi connectivity index (χ2n) is 5.10. The molecule has 0 saturated heterocycles. The molecule has 112 valence electrons. The minimum absolute atomic E-state index is 0.343. The van der Waals surface area contributed by atoms with Crippen molar-refractivity contribution in [3.63, 3.8) is 0 Å². The van der Waals surface area contributed by atoms with Crippen molar-refractivity contribution in [3.05, 3.63) is 28.2 Å². The van der Waals surface area contributed by atoms with Crippen molar-refractivity contribution < 1.29 is 14.6 Å². The lowest BCUT2D eigenvalue weighted by Gasteiger charge is -2.17. The molecule has 0 aliphatic heterocycles. The third-order valence-electron chi connectivity index (χ3n) is 2.85. The van der Waals surface area contributed by atoms with Gasteiger partial charge in [0.2, 0.25) is 0 Å². The maximum absolute atomic E-state index is 11.2. The van der Waals surface area contributed by atoms with Crippen LogP contribution in [-0.2, 0) is 11.3 Å². The van der Waals surface area contributed by atoms with E-state index in [-0.39, 0.29) is 0 Å². The molecule has 20 heavy (non-hydrogen) atoms. The van der Waals surface area contributed by atoms with E-state index in [2.05, 4.69) is 21.2 Å². The lowest BCUT2D eigenvalue weighted by atomic mass is 10.0. The van der Waals surface area contributed by atoms with Crippen molar-refractivity contribution in [3.8, 4) is 5.75 Å². The Morgan fingerprint density at radius 3 is 2.65 bits per heavy atom. The first kappa shape index (κ1) is 17.0. The van der Waals surface area contributed by atoms with Crippen LogP contribution in [0.1, 0.15) is 32.8 Å². The highest BCUT2D eigenvalue weighted by molar-refractivity contribution is 9.10. The average Bonchev–Trinajstić information content (AvgIpc) is 2.37. The van der Waals surface area contributed by atoms with E-state index in [1.807, 2.05) is 39.0 Å². The Kier molecular flexibility index (Phi) is 7.02. The normalized spacial score (nSPS) is 12.4. The molecule has 1 aromatic carbocycles. The van der Waals surface area contributed by atoms with Crippen LogP contribution in [-0.4, -0.2) is 23.7 Å². The molecular weight excluding hydrogens is 322 g/mol. The third kappa shape index (κ3) is 5.51. The van der Waals surface area contributed by atoms with Crippen molar-refractivity contribution in [2.24, 2.45) is 5.92 Å². The van der Waals surface area contributed by atoms with Gasteiger partial charge in [0.1, 0.15) is 11.8 Å². The molecule has 0 aliphatic carbocycles. The van der Waals surface area contributed by atoms with Crippen LogP contribution in [0.5, 0.6) is 5.75 Å². The van der Waals surface area contributed by atoms with Gasteiger partial charge < -0.3 is 15.2 Å². The number of carbonyl (C=O) groups is 1. The van der Waals surface area contributed by atoms with E-state index in [1.165, 1.54) is 0 Å². The van der Waals surface area contributed by atoms with E-state index < -0.39 is 12.0 Å². The van der Waals surface area contributed by atoms with Crippen LogP contribution in [0, 0.1) is 5.92 Å². The highest BCUT2D eigenvalue weighted by atomic mass is 79.9. The van der Waals surface area contributed by atoms with Crippen LogP contribution in [0.2, 0.25) is 0 Å². The molecule has 2 N–H and O–H groups in total. The molecule has 0 aliphatic rings. The van der Waals surface area contributed by atoms with Crippen molar-refractivity contribution in [1.82, 2.24) is 5.32 Å². The molecule has 0 bridgehead atoms. The first-order valence-electron chi connectivity index (χ1n) is 6.81. The molecule has 0 fully saturated rings. The predicted octanol–water partition coefficient (Wildman–Crippen LogP) is 3.44. The van der Waals surface area contributed by atoms with Crippen molar-refractivity contribution in [2.75, 3.05) is 6.61 Å². The van der Waals surface area contributed by atoms with Crippen LogP contribution in [0.4, 0.5) is 0 Å². The van der Waals surface area contributed by atoms with Gasteiger partial charge in [0, 0.05) is 6.54 Å². The summed E-state index contributed by atoms with van der Waals surface area (Å²) in [7, 11) is 0. The smallest absolute Gasteiger partial charge is 0.320 e. The Hall–Kier alpha value is -1.07. The van der Waals surface area contributed by atoms with Crippen LogP contribution >= 0.6 is 15.9 Å². The summed E-state index contributed by atoms with van der Waals surface area (Å²) in [5, 5.41) is 12.3. The molecule has 0 radical (unpaired) electrons. The largest absolute Gasteiger partial charge is 0.493 e. The second kappa shape index (κ2) is 8.27. The van der Waals surface area contributed by atoms with Crippen LogP contribution in [0.25, 0.3) is 0 Å². The standard InChI is InChI=1S/C15H22BrNO3/c1-4-20-14-6-5-11(8-12(14)16)9-17-13(15(18)19)7-10(2)3/h5-6,8,10,13,17H,4,7,9H2,1-3H3,(H,18,19). The average molecular weight is 344 g/mol. The summed E-state index contributed by atoms with van der Waals surface area (Å²) in [4.78, 5) is 11.2. The number of hydrogen-bond acceptors (Lipinski definition) is 3. The fraction of sp³-hybridized carbons (Fsp3) is 0.533. The van der Waals surface area contributed by atoms with Gasteiger partial charge in [0.25, 0.3) is 0 Å². The van der Waals surface area contributed by atoms with Gasteiger partial charge in [0.05, 0.1) is 11.1 Å². The van der Waals surface area contributed by atoms with Crippen LogP contribution in [0.3, 0.4) is 0 Å². The molecule has 5 heteroatoms. The molecule has 0 amide bonds. The van der Waals surface area contributed by atoms with Gasteiger partial charge in [0.15, 0.2) is 0 Å². The van der Waals surface area contributed by atoms with Crippen molar-refractivity contribution in [1.29, 1.82) is 0 Å². The van der Waals surface area contributed by atoms with Gasteiger partial charge in [-0.3, -0.25) is 4.79 Å². The number of ether oxygens (including phenoxy) is 1. The zero-order valence-electron chi connectivity index (χ0n) is 12.1. The number of hydrogen-bond donors (Lipinski definition) is 2. The number of nitrogens with one attached hydrogen (secondary N) is 1. The van der Waals surface area contributed by atoms with E-state index in [9.17, 15) is 9.90 Å². The first-order chi connectivity index (χ1) is 9.43. The van der Waals surface area contributed by atoms with E-state index in [4.69, 9.17) is 4.74 Å². The monoisotopic (exact) mass is 343 g/mol. The Bertz CT molecular complexity index is 449. The van der Waals surface area contributed by atoms with E-state index in [0.717, 1.165) is 15.8 Å². The lowest BCUT2D eigenvalue weighted by molar-refractivity contribution is -0.140. The SMILES string of the molecule is CCOc1ccc(CNC(CC(C)C)C(=O)O)cc1Br. The minimum Gasteiger partial charge on any atom is -0.493 e. The van der Waals surface area contributed by atoms with Crippen LogP contribution < -0.4 is 10.1 Å². The predicted molar refractivity (Wildman–Crippen MR) is 83.0 cm³/mol. The van der Waals surface area contributed by atoms with Gasteiger partial charge in [-0.2, -0.15) is 0 Å². The topological polar surface area (TPSA) is 58.6 Å². The number of benzene rings is 1. The molecule has 0 heterocycles. The lowest BCUT2D eigenvalue weighted by Crippen LogP contribution is -2.37. The maximum atomic E-state index is 11.2. The number of rotatable bonds is 8. The summed E-state index contributed by atoms with van der Waals surface area (Å²) in [6.07, 6.45) is 0.619. The minimum atomic E-state index is -0.802. The van der Waals surface area contributed by atoms with E-state index in [0.29, 0.717) is 25.5 Å². The summed E-state index contributed by atoms with van der Waals surface area (Å²) in [6, 6.07) is 5.27. The highest BCUT2D eigenvalue weighted by Gasteiger charge is 2.18. The maximum Gasteiger partial charge on any atom is 0.320 e. The summed E-state index contributed by atoms with van der Waals surface area (Å²) in [5.41, 5.74) is 1.02. The van der Waals surface area contributed by atoms with Gasteiger partial charge in [-0.05, 0) is 52.9 Å². The molecular formula is C15H22BrNO3. The molecule has 1 aromatic rings. The zero-order chi connectivity index (χ0) is 15.1. The summed E-state index contributed by atoms with van der Waals surface area (Å²) >= 11 is 3.46. The highest BCUT2D eigenvalue weighted by Crippen LogP contribution is 2.26. The van der Waals surface area contributed by atoms with Crippen molar-refractivity contribution >= 4 is 21.9 Å². The van der Waals surface area contributed by atoms with Gasteiger partial charge >= 0.3 is 5.97 Å². The Balaban J connectivity index is 2.64. The Morgan fingerprint density at radius 1 is 1.45 bits per heavy atom. The molecule has 4 nitrogen and oxygen atoms in total. The molecule has 0 saturated carbocycles. The molecule has 1 unspecified atom stereocenters. The zero-order valence-corrected chi connectivity index (χ0v) is 13.7. The number of carboxylic acid groups (broad SMARTS) is 1. The Morgan fingerprint density at radius 2 is 2.15 bits per heavy atom. The number of halogens is 1. The van der Waals surface area contributed by atoms with Crippen molar-refractivity contribution in [2.45, 2.75) is 39.8 Å². The molecule has 1 atom stereocenters. The number of aliphatic carboxylic acids is 1. The first-order valence-corrected chi connectivity index (χ1v) is 7.60. The van der Waals surface area contributed by atoms with Gasteiger partial charge in [-0.25, -0.2) is 0 Å². The molecule has 1 rings (SSSR count). The van der Waals surface area contributed by atoms with Crippen LogP contribution in [0.15, 0.2) is 22.7 Å². The molecule has 0 spiro atoms. The number of carboxylic acids is 1. The summed E-state index contributed by atoms with van der Waals surface area (Å²) in [6.45, 7) is 7.11. The summed E-state index contributed by atoms with van der Waals surface area (Å²) in [5.74, 6) is 0.340. The van der Waals surface area contributed by atoms with Gasteiger partial charge in [-0.15, -0.1) is 0 Å². The Labute approximate surface area is 128 Å². The van der Waals surface area contributed by atoms with E-state index >= 15 is 0 Å². The fourth-order valence-corrected chi connectivity index (χ4v) is 2.45. The second-order valence-corrected chi connectivity index (χ2v) is 5.95. The third-order valence-corrected chi connectivity index (χ3v) is 3.47. The summed E-state index contributed by atoms with van der Waals surface area (Å²) < 4.78 is 6.33. The quantitative estimate of drug-likeness (QED) is 0.759. The fourth-order valence-electron chi connectivity index (χ4n) is 1.91. The van der Waals surface area contributed by atoms with Gasteiger partial charge in [-0.1, -0.05) is 19.9 Å². The van der Waals surface area contributed by atoms with E-state index in [1.54, 1.807) is 0 Å².